The number of hydrogen-bond donors (Lipinski definition) is 3. The largest absolute Gasteiger partial charge is 0.387 e. The first-order valence-electron chi connectivity index (χ1n) is 9.56. The summed E-state index contributed by atoms with van der Waals surface area (Å²) in [5.74, 6) is 1.61. The Kier molecular flexibility index (Phi) is 8.27. The van der Waals surface area contributed by atoms with E-state index in [4.69, 9.17) is 4.74 Å². The van der Waals surface area contributed by atoms with Gasteiger partial charge in [-0.15, -0.1) is 0 Å². The van der Waals surface area contributed by atoms with E-state index in [1.807, 2.05) is 45.0 Å². The summed E-state index contributed by atoms with van der Waals surface area (Å²) in [5, 5.41) is 17.2. The second-order valence-electron chi connectivity index (χ2n) is 7.35. The number of β-amino-alcohol motifs (C(OH)–C–C–N with tert-alkyl or cyclic N) is 1. The highest BCUT2D eigenvalue weighted by Gasteiger charge is 2.25. The van der Waals surface area contributed by atoms with Crippen LogP contribution in [0.4, 0.5) is 5.82 Å². The van der Waals surface area contributed by atoms with E-state index in [0.29, 0.717) is 25.6 Å². The van der Waals surface area contributed by atoms with Crippen molar-refractivity contribution < 1.29 is 9.84 Å². The minimum absolute atomic E-state index is 0.426. The number of ether oxygens (including phenoxy) is 1. The van der Waals surface area contributed by atoms with E-state index in [1.165, 1.54) is 0 Å². The molecule has 0 bridgehead atoms. The van der Waals surface area contributed by atoms with Crippen molar-refractivity contribution in [3.05, 3.63) is 23.9 Å². The Morgan fingerprint density at radius 1 is 1.37 bits per heavy atom. The molecule has 152 valence electrons. The van der Waals surface area contributed by atoms with Crippen molar-refractivity contribution in [3.8, 4) is 0 Å². The van der Waals surface area contributed by atoms with E-state index in [-0.39, 0.29) is 0 Å². The van der Waals surface area contributed by atoms with Gasteiger partial charge in [0.2, 0.25) is 0 Å². The first-order chi connectivity index (χ1) is 12.9. The van der Waals surface area contributed by atoms with Gasteiger partial charge in [0.1, 0.15) is 5.82 Å². The number of morpholine rings is 1. The number of nitrogens with zero attached hydrogens (tertiary/aromatic N) is 4. The van der Waals surface area contributed by atoms with Crippen LogP contribution in [-0.4, -0.2) is 86.6 Å². The molecule has 1 aliphatic rings. The van der Waals surface area contributed by atoms with Gasteiger partial charge in [-0.3, -0.25) is 4.90 Å². The molecule has 2 rings (SSSR count). The summed E-state index contributed by atoms with van der Waals surface area (Å²) in [7, 11) is 3.94. The van der Waals surface area contributed by atoms with Crippen molar-refractivity contribution in [3.63, 3.8) is 0 Å². The third kappa shape index (κ3) is 7.70. The van der Waals surface area contributed by atoms with Crippen molar-refractivity contribution in [1.29, 1.82) is 0 Å². The average Bonchev–Trinajstić information content (AvgIpc) is 2.64. The number of nitrogens with one attached hydrogen (secondary N) is 2. The van der Waals surface area contributed by atoms with E-state index >= 15 is 0 Å². The van der Waals surface area contributed by atoms with E-state index in [0.717, 1.165) is 44.2 Å². The normalized spacial score (nSPS) is 18.0. The van der Waals surface area contributed by atoms with Crippen LogP contribution >= 0.6 is 0 Å². The van der Waals surface area contributed by atoms with Crippen LogP contribution in [0.2, 0.25) is 0 Å². The second-order valence-corrected chi connectivity index (χ2v) is 7.35. The van der Waals surface area contributed by atoms with Crippen molar-refractivity contribution in [2.45, 2.75) is 26.0 Å². The zero-order chi connectivity index (χ0) is 19.7. The molecule has 1 aliphatic heterocycles. The lowest BCUT2D eigenvalue weighted by Crippen LogP contribution is -2.52. The van der Waals surface area contributed by atoms with Crippen LogP contribution in [0.1, 0.15) is 19.4 Å². The van der Waals surface area contributed by atoms with E-state index in [1.54, 1.807) is 6.20 Å². The summed E-state index contributed by atoms with van der Waals surface area (Å²) >= 11 is 0. The van der Waals surface area contributed by atoms with Crippen molar-refractivity contribution in [2.24, 2.45) is 4.99 Å². The number of pyridine rings is 1. The van der Waals surface area contributed by atoms with Crippen LogP contribution in [-0.2, 0) is 11.3 Å². The molecule has 0 radical (unpaired) electrons. The standard InChI is InChI=1S/C19H34N6O2/c1-5-20-18(22-13-16-6-7-21-17(12-16)24(3)4)23-14-19(2,26)15-25-8-10-27-11-9-25/h6-7,12,26H,5,8-11,13-15H2,1-4H3,(H2,20,22,23). The van der Waals surface area contributed by atoms with Gasteiger partial charge in [0.25, 0.3) is 0 Å². The Hall–Kier alpha value is -1.90. The average molecular weight is 379 g/mol. The number of guanidine groups is 1. The van der Waals surface area contributed by atoms with E-state index in [2.05, 4.69) is 25.5 Å². The van der Waals surface area contributed by atoms with Gasteiger partial charge in [-0.2, -0.15) is 0 Å². The maximum Gasteiger partial charge on any atom is 0.191 e. The molecular weight excluding hydrogens is 344 g/mol. The van der Waals surface area contributed by atoms with Gasteiger partial charge in [0.15, 0.2) is 5.96 Å². The first-order valence-corrected chi connectivity index (χ1v) is 9.56. The molecule has 27 heavy (non-hydrogen) atoms. The fraction of sp³-hybridized carbons (Fsp3) is 0.684. The number of hydrogen-bond acceptors (Lipinski definition) is 6. The molecule has 1 unspecified atom stereocenters. The third-order valence-corrected chi connectivity index (χ3v) is 4.34. The first kappa shape index (κ1) is 21.4. The molecule has 0 amide bonds. The van der Waals surface area contributed by atoms with Crippen LogP contribution in [0.5, 0.6) is 0 Å². The molecule has 2 heterocycles. The molecule has 1 fully saturated rings. The van der Waals surface area contributed by atoms with Crippen LogP contribution in [0, 0.1) is 0 Å². The lowest BCUT2D eigenvalue weighted by Gasteiger charge is -2.34. The van der Waals surface area contributed by atoms with Gasteiger partial charge >= 0.3 is 0 Å². The Labute approximate surface area is 162 Å². The Balaban J connectivity index is 1.91. The number of aromatic nitrogens is 1. The number of aliphatic hydroxyl groups is 1. The van der Waals surface area contributed by atoms with Crippen LogP contribution < -0.4 is 15.5 Å². The van der Waals surface area contributed by atoms with Gasteiger partial charge in [0, 0.05) is 53.0 Å². The molecule has 1 aromatic rings. The Morgan fingerprint density at radius 3 is 2.78 bits per heavy atom. The van der Waals surface area contributed by atoms with Crippen molar-refractivity contribution >= 4 is 11.8 Å². The van der Waals surface area contributed by atoms with Crippen LogP contribution in [0.25, 0.3) is 0 Å². The highest BCUT2D eigenvalue weighted by Crippen LogP contribution is 2.11. The topological polar surface area (TPSA) is 85.2 Å². The molecule has 1 saturated heterocycles. The number of aliphatic imine (C=N–C) groups is 1. The van der Waals surface area contributed by atoms with Crippen LogP contribution in [0.3, 0.4) is 0 Å². The molecule has 0 spiro atoms. The maximum atomic E-state index is 10.7. The highest BCUT2D eigenvalue weighted by molar-refractivity contribution is 5.79. The third-order valence-electron chi connectivity index (χ3n) is 4.34. The predicted octanol–water partition coefficient (Wildman–Crippen LogP) is 0.286. The van der Waals surface area contributed by atoms with Crippen molar-refractivity contribution in [2.75, 3.05) is 64.9 Å². The lowest BCUT2D eigenvalue weighted by molar-refractivity contribution is -0.0201. The molecule has 8 heteroatoms. The molecule has 3 N–H and O–H groups in total. The number of anilines is 1. The summed E-state index contributed by atoms with van der Waals surface area (Å²) in [4.78, 5) is 13.2. The van der Waals surface area contributed by atoms with Gasteiger partial charge in [-0.25, -0.2) is 9.98 Å². The van der Waals surface area contributed by atoms with Gasteiger partial charge in [-0.05, 0) is 31.5 Å². The zero-order valence-electron chi connectivity index (χ0n) is 17.0. The lowest BCUT2D eigenvalue weighted by atomic mass is 10.1. The molecule has 8 nitrogen and oxygen atoms in total. The predicted molar refractivity (Wildman–Crippen MR) is 109 cm³/mol. The molecule has 0 aromatic carbocycles. The minimum atomic E-state index is -0.845. The maximum absolute atomic E-state index is 10.7. The van der Waals surface area contributed by atoms with E-state index in [9.17, 15) is 5.11 Å². The molecule has 0 saturated carbocycles. The number of rotatable bonds is 8. The summed E-state index contributed by atoms with van der Waals surface area (Å²) < 4.78 is 5.37. The van der Waals surface area contributed by atoms with Crippen LogP contribution in [0.15, 0.2) is 23.3 Å². The fourth-order valence-corrected chi connectivity index (χ4v) is 2.89. The second kappa shape index (κ2) is 10.4. The Morgan fingerprint density at radius 2 is 2.11 bits per heavy atom. The summed E-state index contributed by atoms with van der Waals surface area (Å²) in [6.45, 7) is 9.41. The quantitative estimate of drug-likeness (QED) is 0.443. The molecule has 1 atom stereocenters. The monoisotopic (exact) mass is 378 g/mol. The molecule has 1 aromatic heterocycles. The minimum Gasteiger partial charge on any atom is -0.387 e. The summed E-state index contributed by atoms with van der Waals surface area (Å²) in [5.41, 5.74) is 0.244. The summed E-state index contributed by atoms with van der Waals surface area (Å²) in [6.07, 6.45) is 1.80. The van der Waals surface area contributed by atoms with Gasteiger partial charge in [0.05, 0.1) is 25.4 Å². The Bertz CT molecular complexity index is 600. The zero-order valence-corrected chi connectivity index (χ0v) is 17.0. The van der Waals surface area contributed by atoms with E-state index < -0.39 is 5.60 Å². The SMILES string of the molecule is CCNC(=NCc1ccnc(N(C)C)c1)NCC(C)(O)CN1CCOCC1. The molecule has 0 aliphatic carbocycles. The van der Waals surface area contributed by atoms with Gasteiger partial charge < -0.3 is 25.4 Å². The van der Waals surface area contributed by atoms with Crippen molar-refractivity contribution in [1.82, 2.24) is 20.5 Å². The molecular formula is C19H34N6O2. The summed E-state index contributed by atoms with van der Waals surface area (Å²) in [6, 6.07) is 4.00. The fourth-order valence-electron chi connectivity index (χ4n) is 2.89. The van der Waals surface area contributed by atoms with Gasteiger partial charge in [-0.1, -0.05) is 0 Å². The highest BCUT2D eigenvalue weighted by atomic mass is 16.5. The smallest absolute Gasteiger partial charge is 0.191 e.